The van der Waals surface area contributed by atoms with Crippen molar-refractivity contribution in [3.63, 3.8) is 0 Å². The summed E-state index contributed by atoms with van der Waals surface area (Å²) in [7, 11) is 0. The highest BCUT2D eigenvalue weighted by atomic mass is 16.4. The van der Waals surface area contributed by atoms with Crippen LogP contribution in [0.4, 0.5) is 0 Å². The number of rotatable bonds is 17. The molecule has 0 saturated heterocycles. The van der Waals surface area contributed by atoms with Gasteiger partial charge in [0.25, 0.3) is 0 Å². The van der Waals surface area contributed by atoms with Crippen LogP contribution in [0.15, 0.2) is 0 Å². The quantitative estimate of drug-likeness (QED) is 0.266. The van der Waals surface area contributed by atoms with Gasteiger partial charge in [-0.2, -0.15) is 0 Å². The predicted molar refractivity (Wildman–Crippen MR) is 102 cm³/mol. The lowest BCUT2D eigenvalue weighted by molar-refractivity contribution is -0.184. The van der Waals surface area contributed by atoms with Crippen LogP contribution >= 0.6 is 0 Å². The van der Waals surface area contributed by atoms with Crippen LogP contribution in [0.2, 0.25) is 0 Å². The van der Waals surface area contributed by atoms with Crippen LogP contribution in [0.3, 0.4) is 0 Å². The highest BCUT2D eigenvalue weighted by Gasteiger charge is 2.62. The summed E-state index contributed by atoms with van der Waals surface area (Å²) in [5.41, 5.74) is -4.36. The highest BCUT2D eigenvalue weighted by Crippen LogP contribution is 2.52. The minimum absolute atomic E-state index is 0.179. The molecule has 4 N–H and O–H groups in total. The van der Waals surface area contributed by atoms with E-state index in [1.54, 1.807) is 0 Å². The van der Waals surface area contributed by atoms with E-state index in [9.17, 15) is 39.6 Å². The van der Waals surface area contributed by atoms with E-state index >= 15 is 0 Å². The first-order valence-corrected chi connectivity index (χ1v) is 10.00. The molecule has 0 radical (unpaired) electrons. The van der Waals surface area contributed by atoms with Crippen molar-refractivity contribution in [3.8, 4) is 0 Å². The molecule has 2 atom stereocenters. The Morgan fingerprint density at radius 3 is 1.11 bits per heavy atom. The number of carboxylic acid groups (broad SMARTS) is 4. The molecule has 2 unspecified atom stereocenters. The van der Waals surface area contributed by atoms with Gasteiger partial charge in [0.05, 0.1) is 23.7 Å². The molecule has 0 bridgehead atoms. The standard InChI is InChI=1S/C20H34O8/c1-3-5-7-9-11-19(17(25)26,13-15(21)22)20(18(27)28,14-16(23)24)12-10-8-6-4-2/h3-14H2,1-2H3,(H,21,22)(H,23,24)(H,25,26)(H,27,28). The minimum Gasteiger partial charge on any atom is -0.481 e. The number of aliphatic carboxylic acids is 4. The number of hydrogen-bond donors (Lipinski definition) is 4. The zero-order valence-electron chi connectivity index (χ0n) is 16.9. The third-order valence-electron chi connectivity index (χ3n) is 5.56. The van der Waals surface area contributed by atoms with E-state index in [0.717, 1.165) is 25.7 Å². The molecular weight excluding hydrogens is 368 g/mol. The Balaban J connectivity index is 6.25. The Hall–Kier alpha value is -2.12. The lowest BCUT2D eigenvalue weighted by atomic mass is 9.55. The zero-order valence-corrected chi connectivity index (χ0v) is 16.9. The lowest BCUT2D eigenvalue weighted by Gasteiger charge is -2.44. The molecule has 0 aromatic rings. The van der Waals surface area contributed by atoms with Crippen molar-refractivity contribution in [1.29, 1.82) is 0 Å². The molecule has 0 fully saturated rings. The van der Waals surface area contributed by atoms with E-state index < -0.39 is 47.5 Å². The van der Waals surface area contributed by atoms with E-state index in [1.165, 1.54) is 0 Å². The average Bonchev–Trinajstić information content (AvgIpc) is 2.59. The summed E-state index contributed by atoms with van der Waals surface area (Å²) < 4.78 is 0. The first-order valence-electron chi connectivity index (χ1n) is 10.00. The Morgan fingerprint density at radius 2 is 0.893 bits per heavy atom. The molecule has 0 heterocycles. The van der Waals surface area contributed by atoms with E-state index in [4.69, 9.17) is 0 Å². The van der Waals surface area contributed by atoms with Crippen molar-refractivity contribution < 1.29 is 39.6 Å². The molecule has 0 spiro atoms. The van der Waals surface area contributed by atoms with Gasteiger partial charge < -0.3 is 20.4 Å². The topological polar surface area (TPSA) is 149 Å². The van der Waals surface area contributed by atoms with Gasteiger partial charge in [0.15, 0.2) is 0 Å². The van der Waals surface area contributed by atoms with Crippen molar-refractivity contribution in [2.24, 2.45) is 10.8 Å². The Kier molecular flexibility index (Phi) is 11.4. The summed E-state index contributed by atoms with van der Waals surface area (Å²) >= 11 is 0. The lowest BCUT2D eigenvalue weighted by Crippen LogP contribution is -2.55. The molecule has 8 heteroatoms. The normalized spacial score (nSPS) is 15.4. The first kappa shape index (κ1) is 25.9. The number of carbonyl (C=O) groups is 4. The third kappa shape index (κ3) is 6.80. The maximum atomic E-state index is 12.3. The largest absolute Gasteiger partial charge is 0.481 e. The van der Waals surface area contributed by atoms with Crippen LogP contribution in [0, 0.1) is 10.8 Å². The molecule has 8 nitrogen and oxygen atoms in total. The Morgan fingerprint density at radius 1 is 0.571 bits per heavy atom. The molecule has 28 heavy (non-hydrogen) atoms. The summed E-state index contributed by atoms with van der Waals surface area (Å²) in [4.78, 5) is 47.7. The van der Waals surface area contributed by atoms with Crippen LogP contribution < -0.4 is 0 Å². The van der Waals surface area contributed by atoms with E-state index in [0.29, 0.717) is 25.7 Å². The monoisotopic (exact) mass is 402 g/mol. The van der Waals surface area contributed by atoms with E-state index in [2.05, 4.69) is 0 Å². The summed E-state index contributed by atoms with van der Waals surface area (Å²) in [5, 5.41) is 38.8. The van der Waals surface area contributed by atoms with Crippen molar-refractivity contribution in [2.45, 2.75) is 90.9 Å². The first-order chi connectivity index (χ1) is 13.1. The van der Waals surface area contributed by atoms with Gasteiger partial charge in [0.2, 0.25) is 0 Å². The number of carboxylic acids is 4. The fourth-order valence-corrected chi connectivity index (χ4v) is 3.99. The summed E-state index contributed by atoms with van der Waals surface area (Å²) in [6, 6.07) is 0. The maximum absolute atomic E-state index is 12.3. The molecule has 0 saturated carbocycles. The Bertz CT molecular complexity index is 496. The smallest absolute Gasteiger partial charge is 0.311 e. The van der Waals surface area contributed by atoms with Crippen molar-refractivity contribution in [2.75, 3.05) is 0 Å². The van der Waals surface area contributed by atoms with Gasteiger partial charge in [0, 0.05) is 0 Å². The Labute approximate surface area is 165 Å². The molecule has 0 aliphatic carbocycles. The van der Waals surface area contributed by atoms with Gasteiger partial charge >= 0.3 is 23.9 Å². The molecule has 162 valence electrons. The third-order valence-corrected chi connectivity index (χ3v) is 5.56. The van der Waals surface area contributed by atoms with Gasteiger partial charge in [-0.05, 0) is 12.8 Å². The molecule has 0 aromatic carbocycles. The van der Waals surface area contributed by atoms with Crippen LogP contribution in [0.1, 0.15) is 90.9 Å². The highest BCUT2D eigenvalue weighted by molar-refractivity contribution is 5.92. The van der Waals surface area contributed by atoms with Crippen LogP contribution in [-0.2, 0) is 19.2 Å². The van der Waals surface area contributed by atoms with Crippen molar-refractivity contribution in [1.82, 2.24) is 0 Å². The molecule has 0 aliphatic heterocycles. The molecule has 0 rings (SSSR count). The van der Waals surface area contributed by atoms with Crippen molar-refractivity contribution >= 4 is 23.9 Å². The molecule has 0 aliphatic rings. The van der Waals surface area contributed by atoms with Gasteiger partial charge in [-0.15, -0.1) is 0 Å². The van der Waals surface area contributed by atoms with E-state index in [1.807, 2.05) is 13.8 Å². The molecular formula is C20H34O8. The molecule has 0 aromatic heterocycles. The van der Waals surface area contributed by atoms with E-state index in [-0.39, 0.29) is 12.8 Å². The summed E-state index contributed by atoms with van der Waals surface area (Å²) in [6.45, 7) is 3.92. The van der Waals surface area contributed by atoms with Gasteiger partial charge in [-0.25, -0.2) is 0 Å². The minimum atomic E-state index is -2.18. The SMILES string of the molecule is CCCCCCC(CC(=O)O)(C(=O)O)C(CCCCCC)(CC(=O)O)C(=O)O. The fourth-order valence-electron chi connectivity index (χ4n) is 3.99. The van der Waals surface area contributed by atoms with Gasteiger partial charge in [-0.3, -0.25) is 19.2 Å². The number of hydrogen-bond acceptors (Lipinski definition) is 4. The average molecular weight is 402 g/mol. The summed E-state index contributed by atoms with van der Waals surface area (Å²) in [6.07, 6.45) is 3.08. The van der Waals surface area contributed by atoms with Crippen LogP contribution in [0.5, 0.6) is 0 Å². The van der Waals surface area contributed by atoms with Crippen LogP contribution in [-0.4, -0.2) is 44.3 Å². The maximum Gasteiger partial charge on any atom is 0.311 e. The zero-order chi connectivity index (χ0) is 21.8. The second kappa shape index (κ2) is 12.4. The second-order valence-corrected chi connectivity index (χ2v) is 7.54. The second-order valence-electron chi connectivity index (χ2n) is 7.54. The van der Waals surface area contributed by atoms with Gasteiger partial charge in [0.1, 0.15) is 0 Å². The van der Waals surface area contributed by atoms with Crippen molar-refractivity contribution in [3.05, 3.63) is 0 Å². The fraction of sp³-hybridized carbons (Fsp3) is 0.800. The number of unbranched alkanes of at least 4 members (excludes halogenated alkanes) is 6. The van der Waals surface area contributed by atoms with Gasteiger partial charge in [-0.1, -0.05) is 65.2 Å². The summed E-state index contributed by atoms with van der Waals surface area (Å²) in [5.74, 6) is -5.99. The van der Waals surface area contributed by atoms with Crippen LogP contribution in [0.25, 0.3) is 0 Å². The molecule has 0 amide bonds. The predicted octanol–water partition coefficient (Wildman–Crippen LogP) is 4.02.